The lowest BCUT2D eigenvalue weighted by Crippen LogP contribution is -2.17. The molecule has 0 aromatic heterocycles. The zero-order valence-corrected chi connectivity index (χ0v) is 12.6. The summed E-state index contributed by atoms with van der Waals surface area (Å²) in [5.74, 6) is 0.601. The fourth-order valence-electron chi connectivity index (χ4n) is 1.42. The summed E-state index contributed by atoms with van der Waals surface area (Å²) in [7, 11) is -0.974. The molecule has 92 valence electrons. The van der Waals surface area contributed by atoms with Gasteiger partial charge in [0.15, 0.2) is 5.78 Å². The summed E-state index contributed by atoms with van der Waals surface area (Å²) >= 11 is 0. The molecule has 0 spiro atoms. The average molecular weight is 238 g/mol. The second-order valence-electron chi connectivity index (χ2n) is 6.06. The van der Waals surface area contributed by atoms with E-state index < -0.39 is 8.07 Å². The highest BCUT2D eigenvalue weighted by atomic mass is 28.3. The molecule has 0 N–H and O–H groups in total. The predicted octanol–water partition coefficient (Wildman–Crippen LogP) is 4.44. The van der Waals surface area contributed by atoms with Crippen LogP contribution in [0.25, 0.3) is 0 Å². The van der Waals surface area contributed by atoms with Gasteiger partial charge in [-0.2, -0.15) is 0 Å². The number of hydrogen-bond donors (Lipinski definition) is 0. The largest absolute Gasteiger partial charge is 0.295 e. The van der Waals surface area contributed by atoms with E-state index in [1.165, 1.54) is 6.04 Å². The molecule has 16 heavy (non-hydrogen) atoms. The summed E-state index contributed by atoms with van der Waals surface area (Å²) < 4.78 is 0. The van der Waals surface area contributed by atoms with Crippen LogP contribution < -0.4 is 0 Å². The lowest BCUT2D eigenvalue weighted by Gasteiger charge is -2.12. The van der Waals surface area contributed by atoms with Crippen molar-refractivity contribution in [2.45, 2.75) is 52.9 Å². The first-order chi connectivity index (χ1) is 7.20. The van der Waals surface area contributed by atoms with Crippen molar-refractivity contribution in [2.75, 3.05) is 0 Å². The van der Waals surface area contributed by atoms with E-state index in [4.69, 9.17) is 0 Å². The summed E-state index contributed by atoms with van der Waals surface area (Å²) in [5, 5.41) is 0. The first kappa shape index (κ1) is 15.4. The van der Waals surface area contributed by atoms with Gasteiger partial charge in [-0.25, -0.2) is 0 Å². The molecule has 0 bridgehead atoms. The van der Waals surface area contributed by atoms with Crippen molar-refractivity contribution >= 4 is 13.9 Å². The molecule has 0 saturated heterocycles. The molecule has 0 aliphatic carbocycles. The Labute approximate surface area is 102 Å². The van der Waals surface area contributed by atoms with Crippen molar-refractivity contribution in [3.8, 4) is 0 Å². The summed E-state index contributed by atoms with van der Waals surface area (Å²) in [6.07, 6.45) is 6.82. The van der Waals surface area contributed by atoms with Gasteiger partial charge in [-0.05, 0) is 31.9 Å². The Hall–Kier alpha value is -0.633. The third-order valence-corrected chi connectivity index (χ3v) is 3.63. The molecule has 0 aliphatic rings. The van der Waals surface area contributed by atoms with Crippen LogP contribution in [0.3, 0.4) is 0 Å². The minimum absolute atomic E-state index is 0.241. The molecule has 0 saturated carbocycles. The predicted molar refractivity (Wildman–Crippen MR) is 75.5 cm³/mol. The van der Waals surface area contributed by atoms with Crippen LogP contribution in [0.1, 0.15) is 27.2 Å². The van der Waals surface area contributed by atoms with Crippen LogP contribution in [-0.4, -0.2) is 13.9 Å². The highest BCUT2D eigenvalue weighted by molar-refractivity contribution is 6.76. The van der Waals surface area contributed by atoms with E-state index in [1.54, 1.807) is 6.08 Å². The molecule has 0 rings (SSSR count). The number of allylic oxidation sites excluding steroid dienone is 4. The number of carbonyl (C=O) groups excluding carboxylic acids is 1. The number of carbonyl (C=O) groups is 1. The molecule has 0 fully saturated rings. The molecule has 0 aliphatic heterocycles. The summed E-state index contributed by atoms with van der Waals surface area (Å²) in [6, 6.07) is 1.20. The summed E-state index contributed by atoms with van der Waals surface area (Å²) in [5.41, 5.74) is 1.09. The van der Waals surface area contributed by atoms with Crippen LogP contribution in [0.15, 0.2) is 23.8 Å². The molecular formula is C14H26OSi. The molecule has 1 unspecified atom stereocenters. The Morgan fingerprint density at radius 1 is 1.25 bits per heavy atom. The van der Waals surface area contributed by atoms with E-state index in [-0.39, 0.29) is 5.78 Å². The van der Waals surface area contributed by atoms with Gasteiger partial charge in [-0.3, -0.25) is 4.79 Å². The third kappa shape index (κ3) is 9.90. The fourth-order valence-corrected chi connectivity index (χ4v) is 2.26. The lowest BCUT2D eigenvalue weighted by atomic mass is 10.0. The Kier molecular flexibility index (Phi) is 6.57. The first-order valence-electron chi connectivity index (χ1n) is 6.05. The van der Waals surface area contributed by atoms with E-state index in [0.717, 1.165) is 5.57 Å². The van der Waals surface area contributed by atoms with Gasteiger partial charge in [0, 0.05) is 14.5 Å². The van der Waals surface area contributed by atoms with Gasteiger partial charge in [-0.1, -0.05) is 44.3 Å². The van der Waals surface area contributed by atoms with Gasteiger partial charge in [0.05, 0.1) is 0 Å². The van der Waals surface area contributed by atoms with Crippen LogP contribution >= 0.6 is 0 Å². The SMILES string of the molecule is CC(C)=CC(=O)CC(C)/C=C/C[Si](C)(C)C. The molecule has 0 heterocycles. The summed E-state index contributed by atoms with van der Waals surface area (Å²) in [4.78, 5) is 11.5. The quantitative estimate of drug-likeness (QED) is 0.380. The van der Waals surface area contributed by atoms with Gasteiger partial charge in [0.1, 0.15) is 0 Å². The maximum Gasteiger partial charge on any atom is 0.156 e. The van der Waals surface area contributed by atoms with Gasteiger partial charge in [-0.15, -0.1) is 0 Å². The lowest BCUT2D eigenvalue weighted by molar-refractivity contribution is -0.115. The molecule has 1 nitrogen and oxygen atoms in total. The molecule has 0 radical (unpaired) electrons. The summed E-state index contributed by atoms with van der Waals surface area (Å²) in [6.45, 7) is 13.1. The second kappa shape index (κ2) is 6.84. The fraction of sp³-hybridized carbons (Fsp3) is 0.643. The van der Waals surface area contributed by atoms with E-state index in [9.17, 15) is 4.79 Å². The molecule has 1 atom stereocenters. The maximum atomic E-state index is 11.5. The molecule has 0 aromatic carbocycles. The van der Waals surface area contributed by atoms with Crippen molar-refractivity contribution in [3.63, 3.8) is 0 Å². The van der Waals surface area contributed by atoms with Gasteiger partial charge in [0.25, 0.3) is 0 Å². The minimum Gasteiger partial charge on any atom is -0.295 e. The third-order valence-electron chi connectivity index (χ3n) is 2.17. The van der Waals surface area contributed by atoms with Crippen molar-refractivity contribution in [3.05, 3.63) is 23.8 Å². The Balaban J connectivity index is 4.04. The molecule has 0 aromatic rings. The average Bonchev–Trinajstić information content (AvgIpc) is 1.98. The second-order valence-corrected chi connectivity index (χ2v) is 11.6. The van der Waals surface area contributed by atoms with Crippen LogP contribution in [0, 0.1) is 5.92 Å². The van der Waals surface area contributed by atoms with Gasteiger partial charge >= 0.3 is 0 Å². The van der Waals surface area contributed by atoms with Crippen molar-refractivity contribution in [1.29, 1.82) is 0 Å². The van der Waals surface area contributed by atoms with Crippen LogP contribution in [-0.2, 0) is 4.79 Å². The van der Waals surface area contributed by atoms with E-state index in [0.29, 0.717) is 12.3 Å². The zero-order valence-electron chi connectivity index (χ0n) is 11.6. The monoisotopic (exact) mass is 238 g/mol. The molecule has 0 amide bonds. The van der Waals surface area contributed by atoms with Crippen LogP contribution in [0.2, 0.25) is 25.7 Å². The van der Waals surface area contributed by atoms with Crippen molar-refractivity contribution in [2.24, 2.45) is 5.92 Å². The van der Waals surface area contributed by atoms with Crippen molar-refractivity contribution in [1.82, 2.24) is 0 Å². The van der Waals surface area contributed by atoms with Crippen LogP contribution in [0.4, 0.5) is 0 Å². The maximum absolute atomic E-state index is 11.5. The Morgan fingerprint density at radius 3 is 2.25 bits per heavy atom. The normalized spacial score (nSPS) is 13.9. The highest BCUT2D eigenvalue weighted by Crippen LogP contribution is 2.12. The van der Waals surface area contributed by atoms with Crippen molar-refractivity contribution < 1.29 is 4.79 Å². The first-order valence-corrected chi connectivity index (χ1v) is 9.76. The van der Waals surface area contributed by atoms with E-state index in [1.807, 2.05) is 13.8 Å². The van der Waals surface area contributed by atoms with Crippen LogP contribution in [0.5, 0.6) is 0 Å². The smallest absolute Gasteiger partial charge is 0.156 e. The zero-order chi connectivity index (χ0) is 12.8. The topological polar surface area (TPSA) is 17.1 Å². The number of ketones is 1. The number of rotatable bonds is 6. The van der Waals surface area contributed by atoms with E-state index >= 15 is 0 Å². The molecular weight excluding hydrogens is 212 g/mol. The highest BCUT2D eigenvalue weighted by Gasteiger charge is 2.10. The number of hydrogen-bond acceptors (Lipinski definition) is 1. The van der Waals surface area contributed by atoms with E-state index in [2.05, 4.69) is 38.7 Å². The van der Waals surface area contributed by atoms with Gasteiger partial charge < -0.3 is 0 Å². The Morgan fingerprint density at radius 2 is 1.81 bits per heavy atom. The van der Waals surface area contributed by atoms with Gasteiger partial charge in [0.2, 0.25) is 0 Å². The standard InChI is InChI=1S/C14H26OSi/c1-12(2)10-14(15)11-13(3)8-7-9-16(4,5)6/h7-8,10,13H,9,11H2,1-6H3/b8-7+. The molecule has 2 heteroatoms. The minimum atomic E-state index is -0.974. The Bertz CT molecular complexity index is 278.